The zero-order valence-corrected chi connectivity index (χ0v) is 16.3. The molecule has 0 radical (unpaired) electrons. The molecule has 1 atom stereocenters. The van der Waals surface area contributed by atoms with E-state index in [1.165, 1.54) is 28.8 Å². The third-order valence-corrected chi connectivity index (χ3v) is 5.48. The first kappa shape index (κ1) is 19.9. The second kappa shape index (κ2) is 8.88. The highest BCUT2D eigenvalue weighted by Gasteiger charge is 2.33. The van der Waals surface area contributed by atoms with E-state index in [0.29, 0.717) is 16.6 Å². The first-order chi connectivity index (χ1) is 13.5. The van der Waals surface area contributed by atoms with Gasteiger partial charge in [-0.15, -0.1) is 0 Å². The lowest BCUT2D eigenvalue weighted by atomic mass is 10.2. The van der Waals surface area contributed by atoms with E-state index in [-0.39, 0.29) is 30.6 Å². The third-order valence-electron chi connectivity index (χ3n) is 4.24. The molecule has 1 N–H and O–H groups in total. The number of thioether (sulfide) groups is 1. The van der Waals surface area contributed by atoms with E-state index in [9.17, 15) is 14.0 Å². The molecule has 2 amide bonds. The molecule has 0 spiro atoms. The largest absolute Gasteiger partial charge is 0.497 e. The zero-order chi connectivity index (χ0) is 20.1. The molecule has 1 heterocycles. The Bertz CT molecular complexity index is 885. The van der Waals surface area contributed by atoms with Crippen LogP contribution in [-0.2, 0) is 16.1 Å². The van der Waals surface area contributed by atoms with Crippen molar-refractivity contribution in [2.45, 2.75) is 18.2 Å². The lowest BCUT2D eigenvalue weighted by Gasteiger charge is -2.28. The Morgan fingerprint density at radius 3 is 2.57 bits per heavy atom. The summed E-state index contributed by atoms with van der Waals surface area (Å²) in [6.07, 6.45) is 0.0953. The summed E-state index contributed by atoms with van der Waals surface area (Å²) in [5, 5.41) is 2.69. The van der Waals surface area contributed by atoms with E-state index in [1.54, 1.807) is 50.6 Å². The lowest BCUT2D eigenvalue weighted by molar-refractivity contribution is -0.129. The predicted octanol–water partition coefficient (Wildman–Crippen LogP) is 3.10. The number of carbonyl (C=O) groups is 2. The topological polar surface area (TPSA) is 71.0 Å². The van der Waals surface area contributed by atoms with Crippen LogP contribution in [0.2, 0.25) is 0 Å². The molecular weight excluding hydrogens is 381 g/mol. The smallest absolute Gasteiger partial charge is 0.234 e. The molecule has 28 heavy (non-hydrogen) atoms. The van der Waals surface area contributed by atoms with Crippen molar-refractivity contribution < 1.29 is 18.7 Å². The number of carbonyl (C=O) groups excluding carboxylic acids is 2. The van der Waals surface area contributed by atoms with Crippen molar-refractivity contribution in [3.05, 3.63) is 59.9 Å². The molecule has 1 saturated heterocycles. The van der Waals surface area contributed by atoms with Crippen LogP contribution in [0.4, 0.5) is 10.1 Å². The van der Waals surface area contributed by atoms with Gasteiger partial charge in [0.25, 0.3) is 0 Å². The fourth-order valence-electron chi connectivity index (χ4n) is 2.57. The van der Waals surface area contributed by atoms with E-state index in [0.717, 1.165) is 5.56 Å². The maximum atomic E-state index is 13.0. The van der Waals surface area contributed by atoms with Crippen LogP contribution in [-0.4, -0.2) is 41.3 Å². The van der Waals surface area contributed by atoms with Crippen molar-refractivity contribution in [2.75, 3.05) is 14.2 Å². The highest BCUT2D eigenvalue weighted by Crippen LogP contribution is 2.28. The number of methoxy groups -OCH3 is 1. The monoisotopic (exact) mass is 401 g/mol. The highest BCUT2D eigenvalue weighted by molar-refractivity contribution is 8.15. The molecule has 3 rings (SSSR count). The predicted molar refractivity (Wildman–Crippen MR) is 107 cm³/mol. The number of amidine groups is 1. The number of aliphatic imine (C=N–C) groups is 1. The Kier molecular flexibility index (Phi) is 6.30. The van der Waals surface area contributed by atoms with Gasteiger partial charge in [0.2, 0.25) is 11.8 Å². The summed E-state index contributed by atoms with van der Waals surface area (Å²) >= 11 is 1.25. The van der Waals surface area contributed by atoms with Gasteiger partial charge in [-0.3, -0.25) is 14.5 Å². The number of nitrogens with zero attached hydrogens (tertiary/aromatic N) is 2. The first-order valence-electron chi connectivity index (χ1n) is 8.64. The quantitative estimate of drug-likeness (QED) is 0.836. The second-order valence-corrected chi connectivity index (χ2v) is 7.37. The van der Waals surface area contributed by atoms with Gasteiger partial charge in [-0.25, -0.2) is 9.38 Å². The Labute approximate surface area is 166 Å². The van der Waals surface area contributed by atoms with Crippen molar-refractivity contribution in [1.29, 1.82) is 0 Å². The molecule has 1 fully saturated rings. The SMILES string of the molecule is COc1ccc(N=C2S[C@H](C(=O)NCc3ccc(F)cc3)CC(=O)N2C)cc1. The van der Waals surface area contributed by atoms with Crippen molar-refractivity contribution in [1.82, 2.24) is 10.2 Å². The molecule has 1 aliphatic heterocycles. The van der Waals surface area contributed by atoms with E-state index < -0.39 is 5.25 Å². The normalized spacial score (nSPS) is 18.2. The molecule has 6 nitrogen and oxygen atoms in total. The summed E-state index contributed by atoms with van der Waals surface area (Å²) in [5.74, 6) is -0.0418. The number of halogens is 1. The third kappa shape index (κ3) is 4.89. The van der Waals surface area contributed by atoms with E-state index >= 15 is 0 Å². The van der Waals surface area contributed by atoms with Gasteiger partial charge in [-0.1, -0.05) is 23.9 Å². The van der Waals surface area contributed by atoms with Gasteiger partial charge in [0.1, 0.15) is 11.6 Å². The molecule has 2 aromatic carbocycles. The number of nitrogens with one attached hydrogen (secondary N) is 1. The fraction of sp³-hybridized carbons (Fsp3) is 0.250. The minimum Gasteiger partial charge on any atom is -0.497 e. The number of hydrogen-bond acceptors (Lipinski definition) is 5. The molecule has 146 valence electrons. The van der Waals surface area contributed by atoms with Gasteiger partial charge in [0.15, 0.2) is 5.17 Å². The van der Waals surface area contributed by atoms with Crippen LogP contribution in [0.1, 0.15) is 12.0 Å². The first-order valence-corrected chi connectivity index (χ1v) is 9.52. The zero-order valence-electron chi connectivity index (χ0n) is 15.5. The number of amides is 2. The average Bonchev–Trinajstić information content (AvgIpc) is 2.71. The Morgan fingerprint density at radius 1 is 1.25 bits per heavy atom. The van der Waals surface area contributed by atoms with Crippen LogP contribution in [0.25, 0.3) is 0 Å². The number of rotatable bonds is 5. The van der Waals surface area contributed by atoms with Crippen molar-refractivity contribution >= 4 is 34.4 Å². The minimum absolute atomic E-state index is 0.0953. The minimum atomic E-state index is -0.568. The summed E-state index contributed by atoms with van der Waals surface area (Å²) in [4.78, 5) is 30.8. The summed E-state index contributed by atoms with van der Waals surface area (Å²) < 4.78 is 18.1. The standard InChI is InChI=1S/C20H20FN3O3S/c1-24-18(25)11-17(19(26)22-12-13-3-5-14(21)6-4-13)28-20(24)23-15-7-9-16(27-2)10-8-15/h3-10,17H,11-12H2,1-2H3,(H,22,26)/t17-/m0/s1. The number of hydrogen-bond donors (Lipinski definition) is 1. The fourth-order valence-corrected chi connectivity index (χ4v) is 3.66. The van der Waals surface area contributed by atoms with Crippen LogP contribution in [0.15, 0.2) is 53.5 Å². The van der Waals surface area contributed by atoms with Crippen LogP contribution in [0.5, 0.6) is 5.75 Å². The van der Waals surface area contributed by atoms with Gasteiger partial charge in [-0.05, 0) is 42.0 Å². The number of ether oxygens (including phenoxy) is 1. The lowest BCUT2D eigenvalue weighted by Crippen LogP contribution is -2.44. The molecule has 8 heteroatoms. The molecule has 1 aliphatic rings. The van der Waals surface area contributed by atoms with Crippen molar-refractivity contribution in [3.63, 3.8) is 0 Å². The van der Waals surface area contributed by atoms with Crippen molar-refractivity contribution in [2.24, 2.45) is 4.99 Å². The van der Waals surface area contributed by atoms with Gasteiger partial charge in [0.05, 0.1) is 18.0 Å². The van der Waals surface area contributed by atoms with Gasteiger partial charge in [0, 0.05) is 20.0 Å². The Balaban J connectivity index is 1.68. The molecule has 0 bridgehead atoms. The maximum absolute atomic E-state index is 13.0. The summed E-state index contributed by atoms with van der Waals surface area (Å²) in [6, 6.07) is 13.0. The van der Waals surface area contributed by atoms with Crippen molar-refractivity contribution in [3.8, 4) is 5.75 Å². The molecule has 2 aromatic rings. The molecule has 0 aliphatic carbocycles. The van der Waals surface area contributed by atoms with Gasteiger partial charge >= 0.3 is 0 Å². The average molecular weight is 401 g/mol. The van der Waals surface area contributed by atoms with E-state index in [2.05, 4.69) is 10.3 Å². The summed E-state index contributed by atoms with van der Waals surface area (Å²) in [6.45, 7) is 0.269. The molecule has 0 aromatic heterocycles. The van der Waals surface area contributed by atoms with Crippen LogP contribution in [0, 0.1) is 5.82 Å². The summed E-state index contributed by atoms with van der Waals surface area (Å²) in [5.41, 5.74) is 1.45. The second-order valence-electron chi connectivity index (χ2n) is 6.20. The van der Waals surface area contributed by atoms with Gasteiger partial charge < -0.3 is 10.1 Å². The van der Waals surface area contributed by atoms with Gasteiger partial charge in [-0.2, -0.15) is 0 Å². The van der Waals surface area contributed by atoms with E-state index in [4.69, 9.17) is 4.74 Å². The molecule has 0 saturated carbocycles. The van der Waals surface area contributed by atoms with E-state index in [1.807, 2.05) is 0 Å². The maximum Gasteiger partial charge on any atom is 0.234 e. The Hall–Kier alpha value is -2.87. The molecule has 0 unspecified atom stereocenters. The number of benzene rings is 2. The van der Waals surface area contributed by atoms with Crippen LogP contribution >= 0.6 is 11.8 Å². The highest BCUT2D eigenvalue weighted by atomic mass is 32.2. The summed E-state index contributed by atoms with van der Waals surface area (Å²) in [7, 11) is 3.23. The van der Waals surface area contributed by atoms with Crippen LogP contribution < -0.4 is 10.1 Å². The Morgan fingerprint density at radius 2 is 1.93 bits per heavy atom. The van der Waals surface area contributed by atoms with Crippen LogP contribution in [0.3, 0.4) is 0 Å². The molecular formula is C20H20FN3O3S.